The van der Waals surface area contributed by atoms with Crippen LogP contribution in [-0.2, 0) is 11.3 Å². The molecule has 1 aliphatic rings. The van der Waals surface area contributed by atoms with Crippen molar-refractivity contribution in [2.45, 2.75) is 19.4 Å². The molecule has 0 unspecified atom stereocenters. The summed E-state index contributed by atoms with van der Waals surface area (Å²) in [5.74, 6) is 0.585. The van der Waals surface area contributed by atoms with E-state index >= 15 is 0 Å². The van der Waals surface area contributed by atoms with E-state index in [1.165, 1.54) is 0 Å². The van der Waals surface area contributed by atoms with E-state index in [0.29, 0.717) is 41.8 Å². The van der Waals surface area contributed by atoms with Gasteiger partial charge in [-0.3, -0.25) is 15.1 Å². The summed E-state index contributed by atoms with van der Waals surface area (Å²) < 4.78 is 11.4. The summed E-state index contributed by atoms with van der Waals surface area (Å²) in [6.07, 6.45) is 4.93. The van der Waals surface area contributed by atoms with Crippen LogP contribution in [0.2, 0.25) is 0 Å². The van der Waals surface area contributed by atoms with Gasteiger partial charge in [-0.2, -0.15) is 0 Å². The van der Waals surface area contributed by atoms with E-state index in [-0.39, 0.29) is 5.91 Å². The quantitative estimate of drug-likeness (QED) is 0.258. The van der Waals surface area contributed by atoms with Gasteiger partial charge >= 0.3 is 6.09 Å². The summed E-state index contributed by atoms with van der Waals surface area (Å²) in [6, 6.07) is 27.9. The molecule has 4 aromatic rings. The minimum absolute atomic E-state index is 0.301. The van der Waals surface area contributed by atoms with Crippen molar-refractivity contribution in [3.63, 3.8) is 0 Å². The molecule has 0 radical (unpaired) electrons. The van der Waals surface area contributed by atoms with Crippen LogP contribution in [0.5, 0.6) is 5.75 Å². The van der Waals surface area contributed by atoms with Gasteiger partial charge in [0.15, 0.2) is 0 Å². The predicted octanol–water partition coefficient (Wildman–Crippen LogP) is 6.38. The molecule has 1 aromatic heterocycles. The zero-order chi connectivity index (χ0) is 27.6. The molecule has 0 aliphatic carbocycles. The highest BCUT2D eigenvalue weighted by Crippen LogP contribution is 2.25. The number of anilines is 3. The van der Waals surface area contributed by atoms with Gasteiger partial charge in [0.05, 0.1) is 18.0 Å². The summed E-state index contributed by atoms with van der Waals surface area (Å²) in [5.41, 5.74) is 3.59. The van der Waals surface area contributed by atoms with E-state index in [1.54, 1.807) is 54.9 Å². The number of hydrogen-bond donors (Lipinski definition) is 2. The van der Waals surface area contributed by atoms with Gasteiger partial charge in [-0.05, 0) is 66.8 Å². The second-order valence-corrected chi connectivity index (χ2v) is 9.66. The number of nitrogens with one attached hydrogen (secondary N) is 2. The third kappa shape index (κ3) is 7.38. The van der Waals surface area contributed by atoms with Crippen LogP contribution in [0.25, 0.3) is 0 Å². The molecule has 1 fully saturated rings. The molecule has 204 valence electrons. The largest absolute Gasteiger partial charge is 0.489 e. The third-order valence-electron chi connectivity index (χ3n) is 6.85. The zero-order valence-corrected chi connectivity index (χ0v) is 22.2. The smallest absolute Gasteiger partial charge is 0.411 e. The number of aromatic nitrogens is 1. The highest BCUT2D eigenvalue weighted by Gasteiger charge is 2.21. The first-order valence-corrected chi connectivity index (χ1v) is 13.4. The fourth-order valence-corrected chi connectivity index (χ4v) is 4.62. The van der Waals surface area contributed by atoms with Crippen molar-refractivity contribution < 1.29 is 19.1 Å². The maximum absolute atomic E-state index is 13.0. The molecule has 1 saturated heterocycles. The highest BCUT2D eigenvalue weighted by molar-refractivity contribution is 6.07. The summed E-state index contributed by atoms with van der Waals surface area (Å²) in [6.45, 7) is 2.57. The fourth-order valence-electron chi connectivity index (χ4n) is 4.62. The lowest BCUT2D eigenvalue weighted by molar-refractivity contribution is 0.102. The average Bonchev–Trinajstić information content (AvgIpc) is 3.01. The summed E-state index contributed by atoms with van der Waals surface area (Å²) in [7, 11) is 0. The second kappa shape index (κ2) is 13.3. The Balaban J connectivity index is 1.11. The molecule has 2 amide bonds. The first-order valence-electron chi connectivity index (χ1n) is 13.4. The average molecular weight is 537 g/mol. The number of ether oxygens (including phenoxy) is 2. The third-order valence-corrected chi connectivity index (χ3v) is 6.85. The Morgan fingerprint density at radius 3 is 2.27 bits per heavy atom. The van der Waals surface area contributed by atoms with Crippen LogP contribution >= 0.6 is 0 Å². The van der Waals surface area contributed by atoms with Gasteiger partial charge in [0.25, 0.3) is 5.91 Å². The molecule has 0 saturated carbocycles. The number of hydrogen-bond acceptors (Lipinski definition) is 6. The molecule has 1 aliphatic heterocycles. The van der Waals surface area contributed by atoms with Crippen molar-refractivity contribution >= 4 is 29.1 Å². The van der Waals surface area contributed by atoms with E-state index in [0.717, 1.165) is 37.2 Å². The van der Waals surface area contributed by atoms with E-state index in [9.17, 15) is 9.59 Å². The van der Waals surface area contributed by atoms with Crippen LogP contribution in [0, 0.1) is 5.92 Å². The van der Waals surface area contributed by atoms with Crippen LogP contribution in [-0.4, -0.2) is 36.7 Å². The molecule has 8 heteroatoms. The zero-order valence-electron chi connectivity index (χ0n) is 22.2. The standard InChI is InChI=1S/C32H32N4O4/c37-31(26-9-6-10-28(21-26)39-22-24-7-2-1-3-8-24)34-29-11-4-5-12-30(29)35-32(38)40-23-25-15-19-36(20-16-25)27-13-17-33-18-14-27/h1-14,17-18,21,25H,15-16,19-20,22-23H2,(H,34,37)(H,35,38). The molecule has 2 heterocycles. The molecular formula is C32H32N4O4. The van der Waals surface area contributed by atoms with Gasteiger partial charge in [-0.1, -0.05) is 48.5 Å². The predicted molar refractivity (Wildman–Crippen MR) is 156 cm³/mol. The Hall–Kier alpha value is -4.85. The van der Waals surface area contributed by atoms with Gasteiger partial charge in [0, 0.05) is 36.7 Å². The summed E-state index contributed by atoms with van der Waals surface area (Å²) in [4.78, 5) is 32.0. The molecule has 8 nitrogen and oxygen atoms in total. The van der Waals surface area contributed by atoms with Crippen LogP contribution in [0.4, 0.5) is 21.9 Å². The Morgan fingerprint density at radius 2 is 1.52 bits per heavy atom. The molecule has 0 spiro atoms. The van der Waals surface area contributed by atoms with Crippen LogP contribution in [0.15, 0.2) is 103 Å². The number of pyridine rings is 1. The molecule has 3 aromatic carbocycles. The maximum Gasteiger partial charge on any atom is 0.411 e. The molecule has 0 atom stereocenters. The number of nitrogens with zero attached hydrogens (tertiary/aromatic N) is 2. The van der Waals surface area contributed by atoms with Crippen molar-refractivity contribution in [2.24, 2.45) is 5.92 Å². The SMILES string of the molecule is O=C(Nc1ccccc1NC(=O)c1cccc(OCc2ccccc2)c1)OCC1CCN(c2ccncc2)CC1. The van der Waals surface area contributed by atoms with E-state index < -0.39 is 6.09 Å². The topological polar surface area (TPSA) is 92.8 Å². The monoisotopic (exact) mass is 536 g/mol. The number of carbonyl (C=O) groups excluding carboxylic acids is 2. The Labute approximate surface area is 234 Å². The van der Waals surface area contributed by atoms with E-state index in [4.69, 9.17) is 9.47 Å². The Bertz CT molecular complexity index is 1410. The first kappa shape index (κ1) is 26.7. The summed E-state index contributed by atoms with van der Waals surface area (Å²) in [5, 5.41) is 5.66. The van der Waals surface area contributed by atoms with Gasteiger partial charge in [0.2, 0.25) is 0 Å². The van der Waals surface area contributed by atoms with Crippen molar-refractivity contribution in [2.75, 3.05) is 35.2 Å². The van der Waals surface area contributed by atoms with Crippen molar-refractivity contribution in [1.82, 2.24) is 4.98 Å². The van der Waals surface area contributed by atoms with Gasteiger partial charge in [-0.25, -0.2) is 4.79 Å². The van der Waals surface area contributed by atoms with Crippen LogP contribution in [0.3, 0.4) is 0 Å². The first-order chi connectivity index (χ1) is 19.6. The number of benzene rings is 3. The van der Waals surface area contributed by atoms with Gasteiger partial charge in [0.1, 0.15) is 12.4 Å². The van der Waals surface area contributed by atoms with Crippen molar-refractivity contribution in [1.29, 1.82) is 0 Å². The molecular weight excluding hydrogens is 504 g/mol. The highest BCUT2D eigenvalue weighted by atomic mass is 16.5. The lowest BCUT2D eigenvalue weighted by Gasteiger charge is -2.33. The minimum atomic E-state index is -0.547. The summed E-state index contributed by atoms with van der Waals surface area (Å²) >= 11 is 0. The normalized spacial score (nSPS) is 13.3. The van der Waals surface area contributed by atoms with Crippen LogP contribution in [0.1, 0.15) is 28.8 Å². The minimum Gasteiger partial charge on any atom is -0.489 e. The second-order valence-electron chi connectivity index (χ2n) is 9.66. The number of piperidine rings is 1. The molecule has 2 N–H and O–H groups in total. The fraction of sp³-hybridized carbons (Fsp3) is 0.219. The molecule has 40 heavy (non-hydrogen) atoms. The number of para-hydroxylation sites is 2. The Kier molecular flexibility index (Phi) is 8.88. The maximum atomic E-state index is 13.0. The van der Waals surface area contributed by atoms with Crippen LogP contribution < -0.4 is 20.3 Å². The lowest BCUT2D eigenvalue weighted by atomic mass is 9.97. The van der Waals surface area contributed by atoms with Gasteiger partial charge < -0.3 is 19.7 Å². The molecule has 5 rings (SSSR count). The molecule has 0 bridgehead atoms. The number of amides is 2. The van der Waals surface area contributed by atoms with E-state index in [2.05, 4.69) is 20.5 Å². The van der Waals surface area contributed by atoms with E-state index in [1.807, 2.05) is 48.5 Å². The van der Waals surface area contributed by atoms with Crippen molar-refractivity contribution in [3.05, 3.63) is 115 Å². The van der Waals surface area contributed by atoms with Crippen molar-refractivity contribution in [3.8, 4) is 5.75 Å². The Morgan fingerprint density at radius 1 is 0.825 bits per heavy atom. The lowest BCUT2D eigenvalue weighted by Crippen LogP contribution is -2.35. The van der Waals surface area contributed by atoms with Gasteiger partial charge in [-0.15, -0.1) is 0 Å². The number of carbonyl (C=O) groups is 2. The number of rotatable bonds is 9.